The maximum atomic E-state index is 13.3. The number of ether oxygens (including phenoxy) is 2. The topological polar surface area (TPSA) is 92.8 Å². The van der Waals surface area contributed by atoms with Gasteiger partial charge in [0.15, 0.2) is 0 Å². The average Bonchev–Trinajstić information content (AvgIpc) is 3.36. The van der Waals surface area contributed by atoms with Gasteiger partial charge in [0.2, 0.25) is 0 Å². The molecule has 0 aliphatic heterocycles. The molecule has 0 aliphatic rings. The molecule has 0 spiro atoms. The minimum absolute atomic E-state index is 0.177. The van der Waals surface area contributed by atoms with E-state index in [-0.39, 0.29) is 11.3 Å². The Morgan fingerprint density at radius 1 is 1.00 bits per heavy atom. The van der Waals surface area contributed by atoms with Gasteiger partial charge in [-0.2, -0.15) is 5.10 Å². The summed E-state index contributed by atoms with van der Waals surface area (Å²) in [5.41, 5.74) is 6.18. The van der Waals surface area contributed by atoms with E-state index in [1.807, 2.05) is 48.5 Å². The second kappa shape index (κ2) is 12.2. The standard InChI is InChI=1S/C30H20BrClIN3O4/c1-39-25-13-11-20(32)15-22(25)30(38)40-24-12-10-19(31)14-18(24)16-34-36-29(37)28-26(17-6-3-2-4-7-17)21-8-5-9-23(33)27(21)35-28/h2-16,35H,1H3,(H,36,37). The number of halogens is 3. The third-order valence-electron chi connectivity index (χ3n) is 6.00. The van der Waals surface area contributed by atoms with Gasteiger partial charge in [-0.3, -0.25) is 4.79 Å². The van der Waals surface area contributed by atoms with Crippen LogP contribution in [0.5, 0.6) is 11.5 Å². The summed E-state index contributed by atoms with van der Waals surface area (Å²) in [5, 5.41) is 5.48. The quantitative estimate of drug-likeness (QED) is 0.0588. The van der Waals surface area contributed by atoms with E-state index in [9.17, 15) is 9.59 Å². The first kappa shape index (κ1) is 27.9. The molecule has 1 aromatic heterocycles. The number of benzene rings is 4. The van der Waals surface area contributed by atoms with Crippen molar-refractivity contribution in [1.29, 1.82) is 0 Å². The molecule has 0 fully saturated rings. The molecule has 0 bridgehead atoms. The van der Waals surface area contributed by atoms with Crippen LogP contribution in [0.15, 0.2) is 94.5 Å². The minimum Gasteiger partial charge on any atom is -0.496 e. The monoisotopic (exact) mass is 727 g/mol. The van der Waals surface area contributed by atoms with Crippen LogP contribution in [0, 0.1) is 3.57 Å². The number of carbonyl (C=O) groups is 2. The number of hydrogen-bond donors (Lipinski definition) is 2. The normalized spacial score (nSPS) is 11.1. The molecule has 0 unspecified atom stereocenters. The number of esters is 1. The summed E-state index contributed by atoms with van der Waals surface area (Å²) in [6.45, 7) is 0. The maximum Gasteiger partial charge on any atom is 0.347 e. The smallest absolute Gasteiger partial charge is 0.347 e. The van der Waals surface area contributed by atoms with Crippen molar-refractivity contribution in [1.82, 2.24) is 10.4 Å². The van der Waals surface area contributed by atoms with Crippen molar-refractivity contribution >= 4 is 79.1 Å². The SMILES string of the molecule is COc1ccc(Cl)cc1C(=O)Oc1ccc(Br)cc1C=NNC(=O)c1[nH]c2c(I)cccc2c1-c1ccccc1. The third-order valence-corrected chi connectivity index (χ3v) is 7.63. The Labute approximate surface area is 256 Å². The maximum absolute atomic E-state index is 13.3. The number of nitrogens with zero attached hydrogens (tertiary/aromatic N) is 1. The molecule has 1 heterocycles. The summed E-state index contributed by atoms with van der Waals surface area (Å²) in [7, 11) is 1.46. The molecule has 4 aromatic carbocycles. The molecule has 200 valence electrons. The number of carbonyl (C=O) groups excluding carboxylic acids is 2. The zero-order valence-corrected chi connectivity index (χ0v) is 25.4. The van der Waals surface area contributed by atoms with Crippen LogP contribution >= 0.6 is 50.1 Å². The van der Waals surface area contributed by atoms with Crippen molar-refractivity contribution in [3.63, 3.8) is 0 Å². The number of nitrogens with one attached hydrogen (secondary N) is 2. The molecule has 5 rings (SSSR count). The van der Waals surface area contributed by atoms with Gasteiger partial charge in [-0.25, -0.2) is 10.2 Å². The number of hydrazone groups is 1. The largest absolute Gasteiger partial charge is 0.496 e. The molecular weight excluding hydrogens is 709 g/mol. The van der Waals surface area contributed by atoms with Crippen LogP contribution < -0.4 is 14.9 Å². The summed E-state index contributed by atoms with van der Waals surface area (Å²) in [5.74, 6) is -0.505. The lowest BCUT2D eigenvalue weighted by Gasteiger charge is -2.11. The molecular formula is C30H20BrClIN3O4. The number of aromatic nitrogens is 1. The van der Waals surface area contributed by atoms with Gasteiger partial charge in [-0.15, -0.1) is 0 Å². The van der Waals surface area contributed by atoms with E-state index in [2.05, 4.69) is 54.0 Å². The van der Waals surface area contributed by atoms with Gasteiger partial charge in [0.1, 0.15) is 22.8 Å². The number of para-hydroxylation sites is 1. The second-order valence-electron chi connectivity index (χ2n) is 8.52. The fraction of sp³-hybridized carbons (Fsp3) is 0.0333. The Morgan fingerprint density at radius 3 is 2.55 bits per heavy atom. The lowest BCUT2D eigenvalue weighted by molar-refractivity contribution is 0.0730. The molecule has 5 aromatic rings. The number of H-pyrrole nitrogens is 1. The van der Waals surface area contributed by atoms with Crippen LogP contribution in [-0.4, -0.2) is 30.2 Å². The number of methoxy groups -OCH3 is 1. The van der Waals surface area contributed by atoms with E-state index < -0.39 is 11.9 Å². The first-order valence-electron chi connectivity index (χ1n) is 11.9. The Morgan fingerprint density at radius 2 is 1.77 bits per heavy atom. The van der Waals surface area contributed by atoms with Gasteiger partial charge >= 0.3 is 5.97 Å². The highest BCUT2D eigenvalue weighted by Crippen LogP contribution is 2.34. The predicted molar refractivity (Wildman–Crippen MR) is 169 cm³/mol. The van der Waals surface area contributed by atoms with E-state index in [1.54, 1.807) is 30.3 Å². The van der Waals surface area contributed by atoms with E-state index >= 15 is 0 Å². The van der Waals surface area contributed by atoms with Gasteiger partial charge in [0.25, 0.3) is 5.91 Å². The molecule has 7 nitrogen and oxygen atoms in total. The Hall–Kier alpha value is -3.67. The van der Waals surface area contributed by atoms with Crippen LogP contribution in [0.25, 0.3) is 22.0 Å². The zero-order chi connectivity index (χ0) is 28.2. The molecule has 0 saturated heterocycles. The predicted octanol–water partition coefficient (Wildman–Crippen LogP) is 7.85. The van der Waals surface area contributed by atoms with Crippen LogP contribution in [0.1, 0.15) is 26.4 Å². The van der Waals surface area contributed by atoms with E-state index in [0.29, 0.717) is 22.0 Å². The Balaban J connectivity index is 1.42. The molecule has 0 aliphatic carbocycles. The van der Waals surface area contributed by atoms with Crippen molar-refractivity contribution in [3.05, 3.63) is 115 Å². The van der Waals surface area contributed by atoms with Gasteiger partial charge in [0.05, 0.1) is 18.8 Å². The first-order chi connectivity index (χ1) is 19.4. The number of rotatable bonds is 7. The molecule has 1 amide bonds. The van der Waals surface area contributed by atoms with E-state index in [1.165, 1.54) is 19.4 Å². The highest BCUT2D eigenvalue weighted by molar-refractivity contribution is 14.1. The van der Waals surface area contributed by atoms with Crippen molar-refractivity contribution in [2.45, 2.75) is 0 Å². The van der Waals surface area contributed by atoms with Crippen molar-refractivity contribution < 1.29 is 19.1 Å². The van der Waals surface area contributed by atoms with Gasteiger partial charge < -0.3 is 14.5 Å². The zero-order valence-electron chi connectivity index (χ0n) is 20.9. The third kappa shape index (κ3) is 5.91. The number of aromatic amines is 1. The van der Waals surface area contributed by atoms with Crippen LogP contribution in [0.2, 0.25) is 5.02 Å². The highest BCUT2D eigenvalue weighted by Gasteiger charge is 2.20. The van der Waals surface area contributed by atoms with Gasteiger partial charge in [-0.1, -0.05) is 70.0 Å². The number of hydrogen-bond acceptors (Lipinski definition) is 5. The average molecular weight is 729 g/mol. The van der Waals surface area contributed by atoms with E-state index in [4.69, 9.17) is 21.1 Å². The van der Waals surface area contributed by atoms with Crippen molar-refractivity contribution in [2.75, 3.05) is 7.11 Å². The lowest BCUT2D eigenvalue weighted by atomic mass is 10.0. The first-order valence-corrected chi connectivity index (χ1v) is 14.1. The summed E-state index contributed by atoms with van der Waals surface area (Å²) in [6.07, 6.45) is 1.41. The van der Waals surface area contributed by atoms with Crippen LogP contribution in [0.3, 0.4) is 0 Å². The van der Waals surface area contributed by atoms with Crippen LogP contribution in [-0.2, 0) is 0 Å². The Bertz CT molecular complexity index is 1770. The molecule has 2 N–H and O–H groups in total. The molecule has 0 saturated carbocycles. The highest BCUT2D eigenvalue weighted by atomic mass is 127. The minimum atomic E-state index is -0.652. The molecule has 0 atom stereocenters. The lowest BCUT2D eigenvalue weighted by Crippen LogP contribution is -2.19. The molecule has 40 heavy (non-hydrogen) atoms. The fourth-order valence-corrected chi connectivity index (χ4v) is 5.36. The van der Waals surface area contributed by atoms with Crippen molar-refractivity contribution in [3.8, 4) is 22.6 Å². The summed E-state index contributed by atoms with van der Waals surface area (Å²) < 4.78 is 12.6. The Kier molecular flexibility index (Phi) is 8.53. The summed E-state index contributed by atoms with van der Waals surface area (Å²) >= 11 is 11.7. The summed E-state index contributed by atoms with van der Waals surface area (Å²) in [6, 6.07) is 25.4. The van der Waals surface area contributed by atoms with Gasteiger partial charge in [0, 0.05) is 29.6 Å². The second-order valence-corrected chi connectivity index (χ2v) is 11.0. The van der Waals surface area contributed by atoms with Gasteiger partial charge in [-0.05, 0) is 70.6 Å². The fourth-order valence-electron chi connectivity index (χ4n) is 4.18. The molecule has 10 heteroatoms. The number of fused-ring (bicyclic) bond motifs is 1. The number of amides is 1. The van der Waals surface area contributed by atoms with Crippen LogP contribution in [0.4, 0.5) is 0 Å². The molecule has 0 radical (unpaired) electrons. The van der Waals surface area contributed by atoms with Crippen molar-refractivity contribution in [2.24, 2.45) is 5.10 Å². The summed E-state index contributed by atoms with van der Waals surface area (Å²) in [4.78, 5) is 29.6. The van der Waals surface area contributed by atoms with E-state index in [0.717, 1.165) is 30.1 Å².